The van der Waals surface area contributed by atoms with Crippen LogP contribution in [0.2, 0.25) is 5.02 Å². The Labute approximate surface area is 196 Å². The van der Waals surface area contributed by atoms with Gasteiger partial charge in [-0.1, -0.05) is 11.6 Å². The Morgan fingerprint density at radius 2 is 1.79 bits per heavy atom. The largest absolute Gasteiger partial charge is 0.505 e. The lowest BCUT2D eigenvalue weighted by atomic mass is 10.2. The molecule has 1 aromatic carbocycles. The molecule has 178 valence electrons. The van der Waals surface area contributed by atoms with Gasteiger partial charge in [0.25, 0.3) is 5.91 Å². The summed E-state index contributed by atoms with van der Waals surface area (Å²) in [6.45, 7) is 2.80. The SMILES string of the molecule is O=C(O)CNC(=O)c1ncc(N2CCN(CCCS(=O)(=O)c3ccc(Cl)cc3)CC2)cc1O. The number of pyridine rings is 1. The number of piperazine rings is 1. The van der Waals surface area contributed by atoms with E-state index < -0.39 is 28.3 Å². The summed E-state index contributed by atoms with van der Waals surface area (Å²) in [6, 6.07) is 7.59. The molecule has 12 heteroatoms. The molecule has 1 aliphatic rings. The minimum atomic E-state index is -3.35. The first kappa shape index (κ1) is 24.7. The Balaban J connectivity index is 1.47. The summed E-state index contributed by atoms with van der Waals surface area (Å²) in [4.78, 5) is 30.9. The van der Waals surface area contributed by atoms with E-state index in [-0.39, 0.29) is 22.1 Å². The second kappa shape index (κ2) is 10.8. The summed E-state index contributed by atoms with van der Waals surface area (Å²) in [5.74, 6) is -2.23. The van der Waals surface area contributed by atoms with Crippen LogP contribution in [0, 0.1) is 0 Å². The quantitative estimate of drug-likeness (QED) is 0.467. The van der Waals surface area contributed by atoms with E-state index in [1.54, 1.807) is 12.1 Å². The predicted molar refractivity (Wildman–Crippen MR) is 123 cm³/mol. The lowest BCUT2D eigenvalue weighted by Gasteiger charge is -2.36. The number of carboxylic acids is 1. The van der Waals surface area contributed by atoms with E-state index in [1.165, 1.54) is 24.4 Å². The van der Waals surface area contributed by atoms with Gasteiger partial charge < -0.3 is 20.4 Å². The van der Waals surface area contributed by atoms with Crippen LogP contribution in [-0.4, -0.2) is 85.4 Å². The number of aromatic nitrogens is 1. The van der Waals surface area contributed by atoms with Crippen LogP contribution in [-0.2, 0) is 14.6 Å². The number of nitrogens with one attached hydrogen (secondary N) is 1. The van der Waals surface area contributed by atoms with E-state index in [1.807, 2.05) is 4.90 Å². The normalized spacial score (nSPS) is 14.8. The summed E-state index contributed by atoms with van der Waals surface area (Å²) in [5.41, 5.74) is 0.410. The summed E-state index contributed by atoms with van der Waals surface area (Å²) in [6.07, 6.45) is 1.97. The number of carbonyl (C=O) groups excluding carboxylic acids is 1. The van der Waals surface area contributed by atoms with Crippen LogP contribution in [0.4, 0.5) is 5.69 Å². The second-order valence-electron chi connectivity index (χ2n) is 7.59. The third-order valence-corrected chi connectivity index (χ3v) is 7.33. The zero-order valence-electron chi connectivity index (χ0n) is 17.8. The first-order valence-electron chi connectivity index (χ1n) is 10.3. The number of aliphatic carboxylic acids is 1. The zero-order valence-corrected chi connectivity index (χ0v) is 19.3. The molecule has 3 rings (SSSR count). The number of hydrogen-bond acceptors (Lipinski definition) is 8. The van der Waals surface area contributed by atoms with Crippen molar-refractivity contribution in [3.63, 3.8) is 0 Å². The molecule has 0 unspecified atom stereocenters. The average Bonchev–Trinajstić information content (AvgIpc) is 2.78. The van der Waals surface area contributed by atoms with E-state index in [4.69, 9.17) is 16.7 Å². The maximum atomic E-state index is 12.4. The molecule has 0 aliphatic carbocycles. The van der Waals surface area contributed by atoms with Gasteiger partial charge in [0.15, 0.2) is 15.5 Å². The van der Waals surface area contributed by atoms with E-state index in [2.05, 4.69) is 15.2 Å². The standard InChI is InChI=1S/C21H25ClN4O6S/c22-15-2-4-17(5-3-15)33(31,32)11-1-6-25-7-9-26(10-8-25)16-12-18(27)20(23-13-16)21(30)24-14-19(28)29/h2-5,12-13,27H,1,6-11,14H2,(H,24,30)(H,28,29). The number of amides is 1. The monoisotopic (exact) mass is 496 g/mol. The van der Waals surface area contributed by atoms with Gasteiger partial charge in [0.05, 0.1) is 22.5 Å². The predicted octanol–water partition coefficient (Wildman–Crippen LogP) is 1.24. The smallest absolute Gasteiger partial charge is 0.322 e. The molecule has 1 amide bonds. The maximum Gasteiger partial charge on any atom is 0.322 e. The van der Waals surface area contributed by atoms with Gasteiger partial charge in [-0.25, -0.2) is 13.4 Å². The van der Waals surface area contributed by atoms with Crippen LogP contribution in [0.15, 0.2) is 41.4 Å². The van der Waals surface area contributed by atoms with Crippen molar-refractivity contribution < 1.29 is 28.2 Å². The highest BCUT2D eigenvalue weighted by Crippen LogP contribution is 2.24. The Bertz CT molecular complexity index is 1100. The zero-order chi connectivity index (χ0) is 24.0. The molecular formula is C21H25ClN4O6S. The van der Waals surface area contributed by atoms with Gasteiger partial charge in [-0.15, -0.1) is 0 Å². The number of hydrogen-bond donors (Lipinski definition) is 3. The number of halogens is 1. The highest BCUT2D eigenvalue weighted by molar-refractivity contribution is 7.91. The Hall–Kier alpha value is -2.89. The van der Waals surface area contributed by atoms with Crippen molar-refractivity contribution in [2.45, 2.75) is 11.3 Å². The number of nitrogens with zero attached hydrogens (tertiary/aromatic N) is 3. The van der Waals surface area contributed by atoms with Gasteiger partial charge in [-0.2, -0.15) is 0 Å². The van der Waals surface area contributed by atoms with Crippen molar-refractivity contribution in [2.75, 3.05) is 49.9 Å². The highest BCUT2D eigenvalue weighted by atomic mass is 35.5. The van der Waals surface area contributed by atoms with E-state index in [0.717, 1.165) is 0 Å². The van der Waals surface area contributed by atoms with Crippen molar-refractivity contribution in [2.24, 2.45) is 0 Å². The van der Waals surface area contributed by atoms with Crippen molar-refractivity contribution in [3.05, 3.63) is 47.2 Å². The van der Waals surface area contributed by atoms with Gasteiger partial charge in [-0.3, -0.25) is 14.5 Å². The molecule has 3 N–H and O–H groups in total. The van der Waals surface area contributed by atoms with Crippen LogP contribution >= 0.6 is 11.6 Å². The maximum absolute atomic E-state index is 12.4. The Morgan fingerprint density at radius 1 is 1.12 bits per heavy atom. The molecule has 33 heavy (non-hydrogen) atoms. The van der Waals surface area contributed by atoms with Crippen molar-refractivity contribution in [3.8, 4) is 5.75 Å². The summed E-state index contributed by atoms with van der Waals surface area (Å²) in [5, 5.41) is 21.4. The number of sulfone groups is 1. The molecule has 2 aromatic rings. The van der Waals surface area contributed by atoms with Crippen LogP contribution in [0.5, 0.6) is 5.75 Å². The third-order valence-electron chi connectivity index (χ3n) is 5.27. The fraction of sp³-hybridized carbons (Fsp3) is 0.381. The van der Waals surface area contributed by atoms with Crippen molar-refractivity contribution in [1.82, 2.24) is 15.2 Å². The molecule has 2 heterocycles. The minimum Gasteiger partial charge on any atom is -0.505 e. The highest BCUT2D eigenvalue weighted by Gasteiger charge is 2.21. The Kier molecular flexibility index (Phi) is 8.11. The molecule has 0 spiro atoms. The number of benzene rings is 1. The number of rotatable bonds is 9. The van der Waals surface area contributed by atoms with Crippen LogP contribution in [0.25, 0.3) is 0 Å². The fourth-order valence-electron chi connectivity index (χ4n) is 3.50. The first-order chi connectivity index (χ1) is 15.7. The van der Waals surface area contributed by atoms with E-state index >= 15 is 0 Å². The van der Waals surface area contributed by atoms with Gasteiger partial charge in [0.2, 0.25) is 0 Å². The summed E-state index contributed by atoms with van der Waals surface area (Å²) in [7, 11) is -3.35. The Morgan fingerprint density at radius 3 is 2.39 bits per heavy atom. The van der Waals surface area contributed by atoms with Crippen molar-refractivity contribution >= 4 is 39.0 Å². The molecule has 1 saturated heterocycles. The van der Waals surface area contributed by atoms with Gasteiger partial charge in [0.1, 0.15) is 12.3 Å². The molecule has 0 saturated carbocycles. The first-order valence-corrected chi connectivity index (χ1v) is 12.3. The number of anilines is 1. The number of carboxylic acid groups (broad SMARTS) is 1. The molecule has 1 aliphatic heterocycles. The fourth-order valence-corrected chi connectivity index (χ4v) is 4.92. The van der Waals surface area contributed by atoms with Gasteiger partial charge >= 0.3 is 5.97 Å². The molecule has 0 atom stereocenters. The summed E-state index contributed by atoms with van der Waals surface area (Å²) >= 11 is 5.82. The average molecular weight is 497 g/mol. The molecule has 0 radical (unpaired) electrons. The van der Waals surface area contributed by atoms with Gasteiger partial charge in [0, 0.05) is 37.3 Å². The number of carbonyl (C=O) groups is 2. The molecule has 10 nitrogen and oxygen atoms in total. The summed E-state index contributed by atoms with van der Waals surface area (Å²) < 4.78 is 24.9. The van der Waals surface area contributed by atoms with E-state index in [9.17, 15) is 23.1 Å². The topological polar surface area (TPSA) is 140 Å². The molecular weight excluding hydrogens is 472 g/mol. The molecule has 0 bridgehead atoms. The van der Waals surface area contributed by atoms with Crippen LogP contribution < -0.4 is 10.2 Å². The lowest BCUT2D eigenvalue weighted by Crippen LogP contribution is -2.46. The van der Waals surface area contributed by atoms with Gasteiger partial charge in [-0.05, 0) is 37.2 Å². The number of aromatic hydroxyl groups is 1. The molecule has 1 fully saturated rings. The minimum absolute atomic E-state index is 0.0536. The van der Waals surface area contributed by atoms with Crippen molar-refractivity contribution in [1.29, 1.82) is 0 Å². The van der Waals surface area contributed by atoms with Crippen LogP contribution in [0.1, 0.15) is 16.9 Å². The molecule has 1 aromatic heterocycles. The lowest BCUT2D eigenvalue weighted by molar-refractivity contribution is -0.135. The second-order valence-corrected chi connectivity index (χ2v) is 10.1. The third kappa shape index (κ3) is 6.80. The van der Waals surface area contributed by atoms with Crippen LogP contribution in [0.3, 0.4) is 0 Å². The van der Waals surface area contributed by atoms with E-state index in [0.29, 0.717) is 49.9 Å².